The van der Waals surface area contributed by atoms with Crippen molar-refractivity contribution in [1.29, 1.82) is 0 Å². The molecule has 4 rings (SSSR count). The number of ether oxygens (including phenoxy) is 1. The molecule has 36 heavy (non-hydrogen) atoms. The second kappa shape index (κ2) is 9.45. The molecule has 8 atom stereocenters. The van der Waals surface area contributed by atoms with E-state index in [1.807, 2.05) is 0 Å². The van der Waals surface area contributed by atoms with Crippen molar-refractivity contribution in [1.82, 2.24) is 0 Å². The fraction of sp³-hybridized carbons (Fsp3) is 0.875. The van der Waals surface area contributed by atoms with E-state index in [0.717, 1.165) is 37.3 Å². The predicted molar refractivity (Wildman–Crippen MR) is 147 cm³/mol. The maximum Gasteiger partial charge on any atom is 0.302 e. The average Bonchev–Trinajstić information content (AvgIpc) is 3.02. The fourth-order valence-electron chi connectivity index (χ4n) is 9.98. The van der Waals surface area contributed by atoms with Gasteiger partial charge >= 0.3 is 5.97 Å². The van der Waals surface area contributed by atoms with Gasteiger partial charge < -0.3 is 9.94 Å². The highest BCUT2D eigenvalue weighted by atomic mass is 16.5. The first-order valence-electron chi connectivity index (χ1n) is 14.8. The van der Waals surface area contributed by atoms with Crippen LogP contribution >= 0.6 is 0 Å². The van der Waals surface area contributed by atoms with E-state index in [-0.39, 0.29) is 33.7 Å². The quantitative estimate of drug-likeness (QED) is 0.173. The normalized spacial score (nSPS) is 43.4. The maximum absolute atomic E-state index is 11.9. The second-order valence-electron chi connectivity index (χ2n) is 14.7. The molecule has 1 N–H and O–H groups in total. The van der Waals surface area contributed by atoms with Crippen molar-refractivity contribution in [2.24, 2.45) is 56.4 Å². The molecule has 4 nitrogen and oxygen atoms in total. The molecule has 0 spiro atoms. The standard InChI is InChI=1S/C32H53NO3/c1-20(2)11-10-12-21(3)25-19-27(33-35)32(9)24-13-14-26-29(5,6)28(36-22(4)34)16-17-30(26,7)23(24)15-18-31(25,32)8/h13,20-21,23,25-26,28,35H,10-12,14-19H2,1-9H3/t21-,23+,25-,26?,28+,30-,31-,32-/m1/s1. The minimum atomic E-state index is -0.174. The number of hydrogen-bond donors (Lipinski definition) is 1. The van der Waals surface area contributed by atoms with Crippen LogP contribution in [0.25, 0.3) is 0 Å². The lowest BCUT2D eigenvalue weighted by atomic mass is 9.40. The lowest BCUT2D eigenvalue weighted by Gasteiger charge is -2.64. The summed E-state index contributed by atoms with van der Waals surface area (Å²) in [5.74, 6) is 2.77. The Bertz CT molecular complexity index is 918. The van der Waals surface area contributed by atoms with E-state index in [0.29, 0.717) is 23.7 Å². The largest absolute Gasteiger partial charge is 0.462 e. The molecule has 0 saturated heterocycles. The summed E-state index contributed by atoms with van der Waals surface area (Å²) in [5, 5.41) is 14.4. The van der Waals surface area contributed by atoms with Crippen LogP contribution in [-0.2, 0) is 9.53 Å². The van der Waals surface area contributed by atoms with E-state index < -0.39 is 0 Å². The number of carbonyl (C=O) groups is 1. The second-order valence-corrected chi connectivity index (χ2v) is 14.7. The third-order valence-corrected chi connectivity index (χ3v) is 12.3. The molecular weight excluding hydrogens is 446 g/mol. The summed E-state index contributed by atoms with van der Waals surface area (Å²) in [6.45, 7) is 20.7. The van der Waals surface area contributed by atoms with Gasteiger partial charge in [-0.1, -0.05) is 84.5 Å². The highest BCUT2D eigenvalue weighted by Gasteiger charge is 2.68. The molecule has 0 heterocycles. The highest BCUT2D eigenvalue weighted by Crippen LogP contribution is 2.72. The van der Waals surface area contributed by atoms with Crippen molar-refractivity contribution in [3.05, 3.63) is 11.6 Å². The summed E-state index contributed by atoms with van der Waals surface area (Å²) >= 11 is 0. The molecule has 4 aliphatic rings. The van der Waals surface area contributed by atoms with Gasteiger partial charge in [0.05, 0.1) is 5.71 Å². The molecule has 0 aromatic heterocycles. The topological polar surface area (TPSA) is 58.9 Å². The SMILES string of the molecule is CC(=O)O[C@H]1CC[C@@]2(C)C(CC=C3[C@@H]2CC[C@]2(C)[C@@H]([C@H](C)CCCC(C)C)CC(=NO)[C@@]32C)C1(C)C. The van der Waals surface area contributed by atoms with Crippen molar-refractivity contribution < 1.29 is 14.7 Å². The predicted octanol–water partition coefficient (Wildman–Crippen LogP) is 8.43. The van der Waals surface area contributed by atoms with Crippen molar-refractivity contribution in [2.45, 2.75) is 126 Å². The summed E-state index contributed by atoms with van der Waals surface area (Å²) in [5.41, 5.74) is 2.65. The Morgan fingerprint density at radius 1 is 1.11 bits per heavy atom. The van der Waals surface area contributed by atoms with Crippen LogP contribution in [0.5, 0.6) is 0 Å². The molecule has 0 aliphatic heterocycles. The van der Waals surface area contributed by atoms with Crippen LogP contribution in [0.4, 0.5) is 0 Å². The lowest BCUT2D eigenvalue weighted by Crippen LogP contribution is -2.59. The number of fused-ring (bicyclic) bond motifs is 5. The van der Waals surface area contributed by atoms with Gasteiger partial charge in [-0.05, 0) is 85.9 Å². The Morgan fingerprint density at radius 2 is 1.81 bits per heavy atom. The molecule has 0 radical (unpaired) electrons. The van der Waals surface area contributed by atoms with E-state index in [1.54, 1.807) is 12.5 Å². The van der Waals surface area contributed by atoms with Gasteiger partial charge in [0, 0.05) is 17.8 Å². The van der Waals surface area contributed by atoms with E-state index in [4.69, 9.17) is 4.74 Å². The minimum absolute atomic E-state index is 0.00965. The number of allylic oxidation sites excluding steroid dienone is 2. The summed E-state index contributed by atoms with van der Waals surface area (Å²) in [6, 6.07) is 0. The number of esters is 1. The van der Waals surface area contributed by atoms with Crippen LogP contribution < -0.4 is 0 Å². The number of carbonyl (C=O) groups excluding carboxylic acids is 1. The zero-order chi connectivity index (χ0) is 26.7. The average molecular weight is 500 g/mol. The molecule has 0 amide bonds. The van der Waals surface area contributed by atoms with Crippen molar-refractivity contribution >= 4 is 11.7 Å². The summed E-state index contributed by atoms with van der Waals surface area (Å²) in [4.78, 5) is 11.9. The van der Waals surface area contributed by atoms with Crippen LogP contribution in [0.1, 0.15) is 120 Å². The Morgan fingerprint density at radius 3 is 2.42 bits per heavy atom. The summed E-state index contributed by atoms with van der Waals surface area (Å²) in [7, 11) is 0. The van der Waals surface area contributed by atoms with Gasteiger partial charge in [0.2, 0.25) is 0 Å². The molecule has 4 aliphatic carbocycles. The number of hydrogen-bond acceptors (Lipinski definition) is 4. The zero-order valence-electron chi connectivity index (χ0n) is 24.6. The molecule has 3 saturated carbocycles. The van der Waals surface area contributed by atoms with Crippen molar-refractivity contribution in [2.75, 3.05) is 0 Å². The van der Waals surface area contributed by atoms with Gasteiger partial charge in [-0.3, -0.25) is 4.79 Å². The van der Waals surface area contributed by atoms with Gasteiger partial charge in [-0.15, -0.1) is 0 Å². The van der Waals surface area contributed by atoms with Crippen molar-refractivity contribution in [3.63, 3.8) is 0 Å². The first-order valence-corrected chi connectivity index (χ1v) is 14.8. The number of nitrogens with zero attached hydrogens (tertiary/aromatic N) is 1. The van der Waals surface area contributed by atoms with Gasteiger partial charge in [0.1, 0.15) is 6.10 Å². The van der Waals surface area contributed by atoms with E-state index in [1.165, 1.54) is 32.1 Å². The first-order chi connectivity index (χ1) is 16.7. The van der Waals surface area contributed by atoms with Gasteiger partial charge in [-0.25, -0.2) is 0 Å². The molecule has 4 heteroatoms. The van der Waals surface area contributed by atoms with Crippen molar-refractivity contribution in [3.8, 4) is 0 Å². The lowest BCUT2D eigenvalue weighted by molar-refractivity contribution is -0.174. The van der Waals surface area contributed by atoms with Crippen LogP contribution in [0.15, 0.2) is 16.8 Å². The zero-order valence-corrected chi connectivity index (χ0v) is 24.6. The van der Waals surface area contributed by atoms with Crippen LogP contribution in [-0.4, -0.2) is 23.0 Å². The van der Waals surface area contributed by atoms with E-state index >= 15 is 0 Å². The van der Waals surface area contributed by atoms with Crippen LogP contribution in [0.2, 0.25) is 0 Å². The van der Waals surface area contributed by atoms with Gasteiger partial charge in [0.25, 0.3) is 0 Å². The number of oxime groups is 1. The van der Waals surface area contributed by atoms with Gasteiger partial charge in [-0.2, -0.15) is 0 Å². The molecular formula is C32H53NO3. The van der Waals surface area contributed by atoms with Crippen LogP contribution in [0.3, 0.4) is 0 Å². The molecule has 0 aromatic rings. The Balaban J connectivity index is 1.68. The molecule has 1 unspecified atom stereocenters. The summed E-state index contributed by atoms with van der Waals surface area (Å²) < 4.78 is 5.85. The minimum Gasteiger partial charge on any atom is -0.462 e. The first kappa shape index (κ1) is 27.7. The monoisotopic (exact) mass is 499 g/mol. The summed E-state index contributed by atoms with van der Waals surface area (Å²) in [6.07, 6.45) is 12.8. The third kappa shape index (κ3) is 3.99. The highest BCUT2D eigenvalue weighted by molar-refractivity contribution is 5.96. The van der Waals surface area contributed by atoms with E-state index in [9.17, 15) is 10.0 Å². The molecule has 3 fully saturated rings. The molecule has 0 aromatic carbocycles. The van der Waals surface area contributed by atoms with Gasteiger partial charge in [0.15, 0.2) is 0 Å². The Hall–Kier alpha value is -1.32. The van der Waals surface area contributed by atoms with Crippen LogP contribution in [0, 0.1) is 51.2 Å². The molecule has 204 valence electrons. The Kier molecular flexibility index (Phi) is 7.28. The Labute approximate surface area is 220 Å². The molecule has 0 bridgehead atoms. The maximum atomic E-state index is 11.9. The fourth-order valence-corrected chi connectivity index (χ4v) is 9.98. The smallest absolute Gasteiger partial charge is 0.302 e. The van der Waals surface area contributed by atoms with E-state index in [2.05, 4.69) is 66.6 Å². The number of rotatable bonds is 6. The third-order valence-electron chi connectivity index (χ3n) is 12.3.